The van der Waals surface area contributed by atoms with Crippen LogP contribution < -0.4 is 0 Å². The molecular formula is C16H4F2N6S3. The SMILES string of the molecule is Fc1cc2nsnc2c(-c2cc3c(ccc4nsnc43)c3nsnc23)c1F. The van der Waals surface area contributed by atoms with E-state index in [2.05, 4.69) is 26.2 Å². The van der Waals surface area contributed by atoms with Crippen LogP contribution in [-0.2, 0) is 0 Å². The summed E-state index contributed by atoms with van der Waals surface area (Å²) in [4.78, 5) is 0. The molecule has 6 aromatic rings. The van der Waals surface area contributed by atoms with Crippen molar-refractivity contribution in [1.82, 2.24) is 26.2 Å². The Labute approximate surface area is 161 Å². The van der Waals surface area contributed by atoms with E-state index in [1.165, 1.54) is 0 Å². The lowest BCUT2D eigenvalue weighted by atomic mass is 9.96. The highest BCUT2D eigenvalue weighted by Crippen LogP contribution is 2.40. The van der Waals surface area contributed by atoms with E-state index in [4.69, 9.17) is 0 Å². The Balaban J connectivity index is 1.87. The van der Waals surface area contributed by atoms with E-state index in [1.54, 1.807) is 6.07 Å². The zero-order valence-electron chi connectivity index (χ0n) is 13.0. The highest BCUT2D eigenvalue weighted by molar-refractivity contribution is 7.00. The van der Waals surface area contributed by atoms with E-state index in [0.29, 0.717) is 33.1 Å². The van der Waals surface area contributed by atoms with Crippen LogP contribution in [0.1, 0.15) is 0 Å². The summed E-state index contributed by atoms with van der Waals surface area (Å²) in [5.41, 5.74) is 3.60. The lowest BCUT2D eigenvalue weighted by Crippen LogP contribution is -1.94. The molecule has 27 heavy (non-hydrogen) atoms. The second-order valence-corrected chi connectivity index (χ2v) is 7.44. The molecular weight excluding hydrogens is 410 g/mol. The van der Waals surface area contributed by atoms with Crippen molar-refractivity contribution in [3.63, 3.8) is 0 Å². The van der Waals surface area contributed by atoms with Gasteiger partial charge in [-0.25, -0.2) is 8.78 Å². The topological polar surface area (TPSA) is 77.3 Å². The van der Waals surface area contributed by atoms with Crippen molar-refractivity contribution >= 4 is 79.1 Å². The minimum Gasteiger partial charge on any atom is -0.204 e. The maximum absolute atomic E-state index is 14.9. The van der Waals surface area contributed by atoms with Crippen molar-refractivity contribution in [2.24, 2.45) is 0 Å². The maximum Gasteiger partial charge on any atom is 0.169 e. The first-order valence-electron chi connectivity index (χ1n) is 7.63. The van der Waals surface area contributed by atoms with Crippen molar-refractivity contribution < 1.29 is 8.78 Å². The van der Waals surface area contributed by atoms with Gasteiger partial charge in [0.1, 0.15) is 33.1 Å². The molecule has 130 valence electrons. The summed E-state index contributed by atoms with van der Waals surface area (Å²) in [6, 6.07) is 6.58. The first-order valence-corrected chi connectivity index (χ1v) is 9.82. The van der Waals surface area contributed by atoms with Crippen LogP contribution in [-0.4, -0.2) is 26.2 Å². The summed E-state index contributed by atoms with van der Waals surface area (Å²) in [7, 11) is 0. The smallest absolute Gasteiger partial charge is 0.169 e. The predicted octanol–water partition coefficient (Wildman–Crippen LogP) is 4.80. The van der Waals surface area contributed by atoms with Crippen molar-refractivity contribution in [3.8, 4) is 11.1 Å². The van der Waals surface area contributed by atoms with Gasteiger partial charge in [0, 0.05) is 22.4 Å². The van der Waals surface area contributed by atoms with Crippen LogP contribution in [0.25, 0.3) is 55.0 Å². The molecule has 0 atom stereocenters. The molecule has 0 saturated carbocycles. The van der Waals surface area contributed by atoms with Gasteiger partial charge < -0.3 is 0 Å². The van der Waals surface area contributed by atoms with Crippen LogP contribution in [0.4, 0.5) is 8.78 Å². The van der Waals surface area contributed by atoms with Gasteiger partial charge in [-0.3, -0.25) is 0 Å². The third-order valence-electron chi connectivity index (χ3n) is 4.47. The van der Waals surface area contributed by atoms with Crippen molar-refractivity contribution in [3.05, 3.63) is 35.9 Å². The molecule has 3 aromatic carbocycles. The summed E-state index contributed by atoms with van der Waals surface area (Å²) in [6.07, 6.45) is 0. The average molecular weight is 414 g/mol. The molecule has 0 amide bonds. The highest BCUT2D eigenvalue weighted by Gasteiger charge is 2.23. The van der Waals surface area contributed by atoms with Crippen LogP contribution >= 0.6 is 35.2 Å². The largest absolute Gasteiger partial charge is 0.204 e. The number of benzene rings is 3. The number of aromatic nitrogens is 6. The molecule has 0 aliphatic rings. The van der Waals surface area contributed by atoms with Crippen LogP contribution in [0.3, 0.4) is 0 Å². The molecule has 0 saturated heterocycles. The molecule has 11 heteroatoms. The molecule has 6 rings (SSSR count). The third kappa shape index (κ3) is 2.01. The second kappa shape index (κ2) is 5.38. The van der Waals surface area contributed by atoms with Gasteiger partial charge in [-0.15, -0.1) is 0 Å². The standard InChI is InChI=1S/C16H4F2N6S3/c17-8-4-10-16(24-26-20-10)11(12(8)18)7-3-6-5(14-15(7)23-27-22-14)1-2-9-13(6)21-25-19-9/h1-4H. The number of rotatable bonds is 1. The summed E-state index contributed by atoms with van der Waals surface area (Å²) in [5, 5.41) is 1.60. The van der Waals surface area contributed by atoms with Crippen LogP contribution in [0.2, 0.25) is 0 Å². The van der Waals surface area contributed by atoms with Gasteiger partial charge in [-0.1, -0.05) is 0 Å². The normalized spacial score (nSPS) is 12.1. The van der Waals surface area contributed by atoms with E-state index < -0.39 is 11.6 Å². The molecule has 0 bridgehead atoms. The highest BCUT2D eigenvalue weighted by atomic mass is 32.1. The van der Waals surface area contributed by atoms with Gasteiger partial charge in [0.15, 0.2) is 11.6 Å². The molecule has 3 heterocycles. The molecule has 6 nitrogen and oxygen atoms in total. The summed E-state index contributed by atoms with van der Waals surface area (Å²) in [6.45, 7) is 0. The first-order chi connectivity index (χ1) is 13.2. The lowest BCUT2D eigenvalue weighted by molar-refractivity contribution is 0.513. The van der Waals surface area contributed by atoms with Gasteiger partial charge in [0.05, 0.1) is 40.7 Å². The molecule has 0 radical (unpaired) electrons. The Morgan fingerprint density at radius 2 is 1.33 bits per heavy atom. The Hall–Kier alpha value is -2.76. The number of hydrogen-bond donors (Lipinski definition) is 0. The van der Waals surface area contributed by atoms with Gasteiger partial charge in [0.2, 0.25) is 0 Å². The van der Waals surface area contributed by atoms with Gasteiger partial charge in [0.25, 0.3) is 0 Å². The Kier molecular flexibility index (Phi) is 3.05. The Morgan fingerprint density at radius 3 is 2.22 bits per heavy atom. The Morgan fingerprint density at radius 1 is 0.630 bits per heavy atom. The predicted molar refractivity (Wildman–Crippen MR) is 102 cm³/mol. The van der Waals surface area contributed by atoms with Crippen LogP contribution in [0.15, 0.2) is 24.3 Å². The molecule has 0 fully saturated rings. The van der Waals surface area contributed by atoms with Gasteiger partial charge in [-0.05, 0) is 18.2 Å². The molecule has 0 N–H and O–H groups in total. The fourth-order valence-corrected chi connectivity index (χ4v) is 4.94. The van der Waals surface area contributed by atoms with Crippen molar-refractivity contribution in [2.75, 3.05) is 0 Å². The Bertz CT molecular complexity index is 1520. The summed E-state index contributed by atoms with van der Waals surface area (Å²) < 4.78 is 54.6. The minimum atomic E-state index is -0.979. The fraction of sp³-hybridized carbons (Fsp3) is 0. The van der Waals surface area contributed by atoms with E-state index in [0.717, 1.165) is 57.5 Å². The van der Waals surface area contributed by atoms with Crippen molar-refractivity contribution in [2.45, 2.75) is 0 Å². The third-order valence-corrected chi connectivity index (χ3v) is 6.08. The number of hydrogen-bond acceptors (Lipinski definition) is 9. The average Bonchev–Trinajstić information content (AvgIpc) is 3.41. The zero-order chi connectivity index (χ0) is 18.1. The molecule has 0 unspecified atom stereocenters. The number of halogens is 2. The van der Waals surface area contributed by atoms with E-state index in [-0.39, 0.29) is 5.56 Å². The lowest BCUT2D eigenvalue weighted by Gasteiger charge is -2.08. The molecule has 0 spiro atoms. The number of fused-ring (bicyclic) bond motifs is 6. The fourth-order valence-electron chi connectivity index (χ4n) is 3.29. The monoisotopic (exact) mass is 414 g/mol. The van der Waals surface area contributed by atoms with E-state index >= 15 is 0 Å². The van der Waals surface area contributed by atoms with Crippen molar-refractivity contribution in [1.29, 1.82) is 0 Å². The van der Waals surface area contributed by atoms with Crippen LogP contribution in [0, 0.1) is 11.6 Å². The second-order valence-electron chi connectivity index (χ2n) is 5.86. The minimum absolute atomic E-state index is 0.0403. The molecule has 3 aromatic heterocycles. The molecule has 0 aliphatic carbocycles. The van der Waals surface area contributed by atoms with Gasteiger partial charge in [-0.2, -0.15) is 26.2 Å². The quantitative estimate of drug-likeness (QED) is 0.385. The van der Waals surface area contributed by atoms with E-state index in [9.17, 15) is 8.78 Å². The van der Waals surface area contributed by atoms with Gasteiger partial charge >= 0.3 is 0 Å². The first kappa shape index (κ1) is 15.3. The van der Waals surface area contributed by atoms with Crippen LogP contribution in [0.5, 0.6) is 0 Å². The van der Waals surface area contributed by atoms with E-state index in [1.807, 2.05) is 12.1 Å². The zero-order valence-corrected chi connectivity index (χ0v) is 15.4. The maximum atomic E-state index is 14.9. The number of nitrogens with zero attached hydrogens (tertiary/aromatic N) is 6. The molecule has 0 aliphatic heterocycles. The summed E-state index contributed by atoms with van der Waals surface area (Å²) in [5.74, 6) is -1.96. The summed E-state index contributed by atoms with van der Waals surface area (Å²) >= 11 is 3.02.